The fourth-order valence-electron chi connectivity index (χ4n) is 3.02. The molecule has 0 saturated carbocycles. The van der Waals surface area contributed by atoms with Gasteiger partial charge < -0.3 is 9.57 Å². The summed E-state index contributed by atoms with van der Waals surface area (Å²) in [7, 11) is 0. The largest absolute Gasteiger partial charge is 0.490 e. The first-order valence-electron chi connectivity index (χ1n) is 10.2. The maximum absolute atomic E-state index is 5.59. The Labute approximate surface area is 174 Å². The van der Waals surface area contributed by atoms with Gasteiger partial charge >= 0.3 is 0 Å². The molecule has 0 bridgehead atoms. The lowest BCUT2D eigenvalue weighted by atomic mass is 9.97. The molecule has 0 amide bonds. The zero-order chi connectivity index (χ0) is 20.5. The maximum Gasteiger partial charge on any atom is 0.151 e. The first-order chi connectivity index (χ1) is 14.2. The minimum absolute atomic E-state index is 0.401. The summed E-state index contributed by atoms with van der Waals surface area (Å²) < 4.78 is 5.59. The third kappa shape index (κ3) is 5.95. The number of nitrogens with zero attached hydrogens (tertiary/aromatic N) is 1. The first-order valence-corrected chi connectivity index (χ1v) is 10.2. The minimum Gasteiger partial charge on any atom is -0.490 e. The average Bonchev–Trinajstić information content (AvgIpc) is 2.77. The van der Waals surface area contributed by atoms with Crippen molar-refractivity contribution < 1.29 is 9.57 Å². The third-order valence-electron chi connectivity index (χ3n) is 4.76. The van der Waals surface area contributed by atoms with E-state index in [1.54, 1.807) is 6.07 Å². The Bertz CT molecular complexity index is 898. The zero-order valence-electron chi connectivity index (χ0n) is 17.4. The van der Waals surface area contributed by atoms with E-state index < -0.39 is 0 Å². The smallest absolute Gasteiger partial charge is 0.151 e. The molecule has 149 valence electrons. The van der Waals surface area contributed by atoms with Crippen LogP contribution >= 0.6 is 0 Å². The lowest BCUT2D eigenvalue weighted by Gasteiger charge is -2.09. The van der Waals surface area contributed by atoms with Crippen LogP contribution in [0.4, 0.5) is 0 Å². The van der Waals surface area contributed by atoms with Gasteiger partial charge in [-0.05, 0) is 52.8 Å². The van der Waals surface area contributed by atoms with Crippen LogP contribution in [0.5, 0.6) is 5.75 Å². The van der Waals surface area contributed by atoms with Crippen LogP contribution < -0.4 is 4.74 Å². The molecule has 3 rings (SSSR count). The summed E-state index contributed by atoms with van der Waals surface area (Å²) in [4.78, 5) is 5.47. The SMILES string of the molecule is CCC(=NOCCOc1c[c]ccc1)c1ccc(-c2ccc(C(C)C)cc2)cc1. The van der Waals surface area contributed by atoms with Crippen molar-refractivity contribution in [2.24, 2.45) is 5.16 Å². The van der Waals surface area contributed by atoms with Gasteiger partial charge in [0.15, 0.2) is 6.61 Å². The summed E-state index contributed by atoms with van der Waals surface area (Å²) in [6.45, 7) is 7.35. The Hall–Kier alpha value is -3.07. The van der Waals surface area contributed by atoms with E-state index in [-0.39, 0.29) is 0 Å². The molecule has 1 radical (unpaired) electrons. The van der Waals surface area contributed by atoms with E-state index in [9.17, 15) is 0 Å². The van der Waals surface area contributed by atoms with Gasteiger partial charge in [-0.15, -0.1) is 0 Å². The van der Waals surface area contributed by atoms with Crippen molar-refractivity contribution in [3.63, 3.8) is 0 Å². The van der Waals surface area contributed by atoms with Gasteiger partial charge in [-0.25, -0.2) is 0 Å². The fourth-order valence-corrected chi connectivity index (χ4v) is 3.02. The van der Waals surface area contributed by atoms with Crippen molar-refractivity contribution in [2.45, 2.75) is 33.1 Å². The lowest BCUT2D eigenvalue weighted by molar-refractivity contribution is 0.107. The van der Waals surface area contributed by atoms with Crippen LogP contribution in [0, 0.1) is 6.07 Å². The molecule has 0 spiro atoms. The molecule has 3 nitrogen and oxygen atoms in total. The monoisotopic (exact) mass is 386 g/mol. The molecule has 0 atom stereocenters. The molecule has 0 unspecified atom stereocenters. The first kappa shape index (κ1) is 20.7. The molecule has 0 aliphatic heterocycles. The second kappa shape index (κ2) is 10.5. The second-order valence-electron chi connectivity index (χ2n) is 7.17. The Morgan fingerprint density at radius 2 is 1.62 bits per heavy atom. The van der Waals surface area contributed by atoms with E-state index in [0.29, 0.717) is 19.1 Å². The van der Waals surface area contributed by atoms with Crippen LogP contribution in [0.2, 0.25) is 0 Å². The quantitative estimate of drug-likeness (QED) is 0.239. The Kier molecular flexibility index (Phi) is 7.46. The Balaban J connectivity index is 1.57. The molecule has 0 fully saturated rings. The number of benzene rings is 3. The molecule has 29 heavy (non-hydrogen) atoms. The van der Waals surface area contributed by atoms with Crippen molar-refractivity contribution in [3.05, 3.63) is 90.0 Å². The van der Waals surface area contributed by atoms with E-state index in [1.807, 2.05) is 18.2 Å². The molecule has 0 aromatic heterocycles. The van der Waals surface area contributed by atoms with Gasteiger partial charge in [0.05, 0.1) is 5.71 Å². The summed E-state index contributed by atoms with van der Waals surface area (Å²) >= 11 is 0. The topological polar surface area (TPSA) is 30.8 Å². The minimum atomic E-state index is 0.401. The molecular weight excluding hydrogens is 358 g/mol. The van der Waals surface area contributed by atoms with Crippen molar-refractivity contribution in [1.29, 1.82) is 0 Å². The summed E-state index contributed by atoms with van der Waals surface area (Å²) in [5, 5.41) is 4.31. The van der Waals surface area contributed by atoms with E-state index in [2.05, 4.69) is 80.5 Å². The van der Waals surface area contributed by atoms with E-state index >= 15 is 0 Å². The highest BCUT2D eigenvalue weighted by Crippen LogP contribution is 2.23. The summed E-state index contributed by atoms with van der Waals surface area (Å²) in [5.41, 5.74) is 5.79. The number of hydrogen-bond acceptors (Lipinski definition) is 3. The van der Waals surface area contributed by atoms with Gasteiger partial charge in [-0.2, -0.15) is 0 Å². The molecule has 3 aromatic carbocycles. The fraction of sp³-hybridized carbons (Fsp3) is 0.269. The molecule has 0 N–H and O–H groups in total. The lowest BCUT2D eigenvalue weighted by Crippen LogP contribution is -2.06. The van der Waals surface area contributed by atoms with E-state index in [1.165, 1.54) is 16.7 Å². The number of hydrogen-bond donors (Lipinski definition) is 0. The predicted molar refractivity (Wildman–Crippen MR) is 120 cm³/mol. The van der Waals surface area contributed by atoms with Crippen molar-refractivity contribution in [2.75, 3.05) is 13.2 Å². The molecule has 0 aliphatic rings. The van der Waals surface area contributed by atoms with Crippen LogP contribution in [-0.4, -0.2) is 18.9 Å². The average molecular weight is 387 g/mol. The van der Waals surface area contributed by atoms with Crippen molar-refractivity contribution >= 4 is 5.71 Å². The summed E-state index contributed by atoms with van der Waals surface area (Å²) in [5.74, 6) is 1.33. The van der Waals surface area contributed by atoms with Gasteiger partial charge in [-0.1, -0.05) is 86.6 Å². The van der Waals surface area contributed by atoms with Crippen LogP contribution in [0.3, 0.4) is 0 Å². The van der Waals surface area contributed by atoms with Gasteiger partial charge in [0.2, 0.25) is 0 Å². The van der Waals surface area contributed by atoms with Crippen LogP contribution in [0.25, 0.3) is 11.1 Å². The molecule has 3 aromatic rings. The highest BCUT2D eigenvalue weighted by Gasteiger charge is 2.05. The number of oxime groups is 1. The standard InChI is InChI=1S/C26H28NO2/c1-4-26(27-29-19-18-28-25-8-6-5-7-9-25)24-16-14-23(15-17-24)22-12-10-21(11-13-22)20(2)3/h5-6,8-17,20H,4,18-19H2,1-3H3. The predicted octanol–water partition coefficient (Wildman–Crippen LogP) is 6.49. The molecule has 0 aliphatic carbocycles. The summed E-state index contributed by atoms with van der Waals surface area (Å²) in [6.07, 6.45) is 0.803. The molecule has 3 heteroatoms. The second-order valence-corrected chi connectivity index (χ2v) is 7.17. The van der Waals surface area contributed by atoms with Gasteiger partial charge in [0.25, 0.3) is 0 Å². The van der Waals surface area contributed by atoms with Crippen LogP contribution in [0.1, 0.15) is 44.2 Å². The highest BCUT2D eigenvalue weighted by atomic mass is 16.6. The van der Waals surface area contributed by atoms with E-state index in [4.69, 9.17) is 9.57 Å². The summed E-state index contributed by atoms with van der Waals surface area (Å²) in [6, 6.07) is 27.7. The zero-order valence-corrected chi connectivity index (χ0v) is 17.4. The molecule has 0 saturated heterocycles. The van der Waals surface area contributed by atoms with Crippen LogP contribution in [0.15, 0.2) is 78.0 Å². The number of rotatable bonds is 9. The van der Waals surface area contributed by atoms with Crippen molar-refractivity contribution in [1.82, 2.24) is 0 Å². The van der Waals surface area contributed by atoms with Crippen molar-refractivity contribution in [3.8, 4) is 16.9 Å². The van der Waals surface area contributed by atoms with E-state index in [0.717, 1.165) is 23.4 Å². The Morgan fingerprint density at radius 3 is 2.21 bits per heavy atom. The molecular formula is C26H28NO2. The molecule has 0 heterocycles. The normalized spacial score (nSPS) is 11.5. The maximum atomic E-state index is 5.59. The highest BCUT2D eigenvalue weighted by molar-refractivity contribution is 6.00. The van der Waals surface area contributed by atoms with Gasteiger partial charge in [-0.3, -0.25) is 0 Å². The third-order valence-corrected chi connectivity index (χ3v) is 4.76. The van der Waals surface area contributed by atoms with Gasteiger partial charge in [0.1, 0.15) is 12.4 Å². The Morgan fingerprint density at radius 1 is 0.931 bits per heavy atom. The number of ether oxygens (including phenoxy) is 1. The van der Waals surface area contributed by atoms with Crippen LogP contribution in [-0.2, 0) is 4.84 Å². The van der Waals surface area contributed by atoms with Gasteiger partial charge in [0, 0.05) is 0 Å².